The molecule has 1 aliphatic carbocycles. The molecule has 1 heteroatoms. The molecule has 1 atom stereocenters. The summed E-state index contributed by atoms with van der Waals surface area (Å²) in [6.45, 7) is 2.41. The van der Waals surface area contributed by atoms with Crippen molar-refractivity contribution in [3.05, 3.63) is 259 Å². The van der Waals surface area contributed by atoms with E-state index in [9.17, 15) is 0 Å². The van der Waals surface area contributed by atoms with E-state index in [1.165, 1.54) is 99.2 Å². The van der Waals surface area contributed by atoms with Crippen LogP contribution in [0.4, 0.5) is 17.1 Å². The van der Waals surface area contributed by atoms with Gasteiger partial charge in [-0.15, -0.1) is 0 Å². The Labute approximate surface area is 368 Å². The first kappa shape index (κ1) is 36.8. The highest BCUT2D eigenvalue weighted by Gasteiger charge is 2.43. The molecular formula is C62H43N. The molecule has 1 unspecified atom stereocenters. The molecular weight excluding hydrogens is 759 g/mol. The Morgan fingerprint density at radius 1 is 0.333 bits per heavy atom. The molecule has 1 aliphatic rings. The second-order valence-corrected chi connectivity index (χ2v) is 16.9. The van der Waals surface area contributed by atoms with Gasteiger partial charge in [-0.2, -0.15) is 0 Å². The van der Waals surface area contributed by atoms with E-state index in [0.29, 0.717) is 0 Å². The molecule has 0 radical (unpaired) electrons. The van der Waals surface area contributed by atoms with E-state index < -0.39 is 0 Å². The summed E-state index contributed by atoms with van der Waals surface area (Å²) in [6.07, 6.45) is 0. The molecule has 0 aromatic heterocycles. The van der Waals surface area contributed by atoms with Crippen LogP contribution >= 0.6 is 0 Å². The topological polar surface area (TPSA) is 3.24 Å². The minimum atomic E-state index is -0.372. The van der Waals surface area contributed by atoms with Gasteiger partial charge in [-0.3, -0.25) is 0 Å². The molecule has 63 heavy (non-hydrogen) atoms. The molecule has 12 rings (SSSR count). The maximum absolute atomic E-state index is 2.48. The summed E-state index contributed by atoms with van der Waals surface area (Å²) in [5.41, 5.74) is 16.9. The molecule has 11 aromatic rings. The van der Waals surface area contributed by atoms with Crippen molar-refractivity contribution in [2.24, 2.45) is 0 Å². The van der Waals surface area contributed by atoms with Crippen LogP contribution in [0.1, 0.15) is 23.6 Å². The van der Waals surface area contributed by atoms with Crippen LogP contribution in [-0.4, -0.2) is 0 Å². The van der Waals surface area contributed by atoms with E-state index in [2.05, 4.69) is 254 Å². The Morgan fingerprint density at radius 2 is 0.889 bits per heavy atom. The monoisotopic (exact) mass is 801 g/mol. The van der Waals surface area contributed by atoms with Gasteiger partial charge in [0.15, 0.2) is 0 Å². The van der Waals surface area contributed by atoms with E-state index in [0.717, 1.165) is 11.4 Å². The van der Waals surface area contributed by atoms with Crippen LogP contribution in [0.2, 0.25) is 0 Å². The lowest BCUT2D eigenvalue weighted by Crippen LogP contribution is -2.25. The molecule has 296 valence electrons. The Hall–Kier alpha value is -8.00. The quantitative estimate of drug-likeness (QED) is 0.145. The van der Waals surface area contributed by atoms with E-state index >= 15 is 0 Å². The lowest BCUT2D eigenvalue weighted by atomic mass is 9.73. The maximum atomic E-state index is 2.48. The van der Waals surface area contributed by atoms with Gasteiger partial charge in [0, 0.05) is 16.8 Å². The van der Waals surface area contributed by atoms with E-state index in [4.69, 9.17) is 0 Å². The molecule has 11 aromatic carbocycles. The summed E-state index contributed by atoms with van der Waals surface area (Å²) in [6, 6.07) is 89.3. The van der Waals surface area contributed by atoms with Gasteiger partial charge in [0.2, 0.25) is 0 Å². The van der Waals surface area contributed by atoms with E-state index in [1.807, 2.05) is 0 Å². The first-order chi connectivity index (χ1) is 31.1. The number of benzene rings is 11. The third-order valence-corrected chi connectivity index (χ3v) is 13.5. The molecule has 1 nitrogen and oxygen atoms in total. The van der Waals surface area contributed by atoms with Crippen molar-refractivity contribution >= 4 is 49.4 Å². The molecule has 0 amide bonds. The van der Waals surface area contributed by atoms with Crippen molar-refractivity contribution in [1.29, 1.82) is 0 Å². The van der Waals surface area contributed by atoms with Gasteiger partial charge in [-0.05, 0) is 137 Å². The summed E-state index contributed by atoms with van der Waals surface area (Å²) in [5.74, 6) is 0. The Kier molecular flexibility index (Phi) is 8.69. The number of rotatable bonds is 7. The third kappa shape index (κ3) is 5.92. The fraction of sp³-hybridized carbons (Fsp3) is 0.0323. The van der Waals surface area contributed by atoms with Crippen LogP contribution in [0.25, 0.3) is 76.8 Å². The summed E-state index contributed by atoms with van der Waals surface area (Å²) in [4.78, 5) is 2.48. The minimum Gasteiger partial charge on any atom is -0.310 e. The normalized spacial score (nSPS) is 14.2. The number of fused-ring (bicyclic) bond motifs is 7. The Bertz CT molecular complexity index is 3500. The highest BCUT2D eigenvalue weighted by atomic mass is 15.1. The number of nitrogens with zero attached hydrogens (tertiary/aromatic N) is 1. The third-order valence-electron chi connectivity index (χ3n) is 13.5. The molecule has 0 saturated heterocycles. The predicted octanol–water partition coefficient (Wildman–Crippen LogP) is 17.0. The fourth-order valence-corrected chi connectivity index (χ4v) is 10.6. The number of anilines is 3. The van der Waals surface area contributed by atoms with Gasteiger partial charge in [-0.25, -0.2) is 0 Å². The summed E-state index contributed by atoms with van der Waals surface area (Å²) >= 11 is 0. The van der Waals surface area contributed by atoms with Gasteiger partial charge in [0.1, 0.15) is 0 Å². The summed E-state index contributed by atoms with van der Waals surface area (Å²) in [7, 11) is 0. The first-order valence-corrected chi connectivity index (χ1v) is 21.9. The predicted molar refractivity (Wildman–Crippen MR) is 267 cm³/mol. The van der Waals surface area contributed by atoms with E-state index in [1.54, 1.807) is 0 Å². The van der Waals surface area contributed by atoms with Gasteiger partial charge in [-0.1, -0.05) is 206 Å². The molecule has 0 bridgehead atoms. The van der Waals surface area contributed by atoms with Crippen molar-refractivity contribution in [2.45, 2.75) is 12.3 Å². The molecule has 0 heterocycles. The van der Waals surface area contributed by atoms with Crippen molar-refractivity contribution < 1.29 is 0 Å². The van der Waals surface area contributed by atoms with Crippen LogP contribution in [0, 0.1) is 0 Å². The fourth-order valence-electron chi connectivity index (χ4n) is 10.6. The smallest absolute Gasteiger partial charge is 0.0512 e. The van der Waals surface area contributed by atoms with Crippen LogP contribution in [0.5, 0.6) is 0 Å². The van der Waals surface area contributed by atoms with Crippen LogP contribution in [0.3, 0.4) is 0 Å². The molecule has 0 N–H and O–H groups in total. The second kappa shape index (κ2) is 14.9. The zero-order chi connectivity index (χ0) is 41.9. The van der Waals surface area contributed by atoms with Gasteiger partial charge < -0.3 is 4.90 Å². The Balaban J connectivity index is 1.05. The standard InChI is InChI=1S/C62H43N/c1-62(48-24-9-4-10-25-48)57-30-16-15-27-53(57)55-29-17-31-58(61(55)62)63(50-38-34-42-18-11-12-23-46(42)40-50)49-36-32-43(33-37-49)47-35-39-52-51-26-13-14-28-54(51)59(44-19-5-2-6-20-44)60(56(52)41-47)45-21-7-3-8-22-45/h2-41H,1H3. The SMILES string of the molecule is CC1(c2ccccc2)c2ccccc2-c2cccc(N(c3ccc(-c4ccc5c(c4)c(-c4ccccc4)c(-c4ccccc4)c4ccccc45)cc3)c3ccc4ccccc4c3)c21. The van der Waals surface area contributed by atoms with Crippen LogP contribution < -0.4 is 4.90 Å². The average Bonchev–Trinajstić information content (AvgIpc) is 3.63. The molecule has 0 fully saturated rings. The largest absolute Gasteiger partial charge is 0.310 e. The van der Waals surface area contributed by atoms with Crippen molar-refractivity contribution in [3.8, 4) is 44.5 Å². The average molecular weight is 802 g/mol. The lowest BCUT2D eigenvalue weighted by Gasteiger charge is -2.35. The van der Waals surface area contributed by atoms with Crippen molar-refractivity contribution in [2.75, 3.05) is 4.90 Å². The second-order valence-electron chi connectivity index (χ2n) is 16.9. The Morgan fingerprint density at radius 3 is 1.63 bits per heavy atom. The highest BCUT2D eigenvalue weighted by Crippen LogP contribution is 2.57. The number of hydrogen-bond acceptors (Lipinski definition) is 1. The van der Waals surface area contributed by atoms with Crippen LogP contribution in [0.15, 0.2) is 243 Å². The van der Waals surface area contributed by atoms with Crippen LogP contribution in [-0.2, 0) is 5.41 Å². The lowest BCUT2D eigenvalue weighted by molar-refractivity contribution is 0.714. The zero-order valence-corrected chi connectivity index (χ0v) is 35.0. The molecule has 0 saturated carbocycles. The first-order valence-electron chi connectivity index (χ1n) is 21.9. The van der Waals surface area contributed by atoms with Gasteiger partial charge in [0.25, 0.3) is 0 Å². The summed E-state index contributed by atoms with van der Waals surface area (Å²) in [5, 5.41) is 7.47. The number of hydrogen-bond donors (Lipinski definition) is 0. The zero-order valence-electron chi connectivity index (χ0n) is 35.0. The molecule has 0 aliphatic heterocycles. The van der Waals surface area contributed by atoms with Gasteiger partial charge >= 0.3 is 0 Å². The summed E-state index contributed by atoms with van der Waals surface area (Å²) < 4.78 is 0. The highest BCUT2D eigenvalue weighted by molar-refractivity contribution is 6.22. The van der Waals surface area contributed by atoms with Crippen molar-refractivity contribution in [1.82, 2.24) is 0 Å². The maximum Gasteiger partial charge on any atom is 0.0512 e. The van der Waals surface area contributed by atoms with Crippen molar-refractivity contribution in [3.63, 3.8) is 0 Å². The minimum absolute atomic E-state index is 0.372. The van der Waals surface area contributed by atoms with Gasteiger partial charge in [0.05, 0.1) is 5.69 Å². The molecule has 0 spiro atoms. The van der Waals surface area contributed by atoms with E-state index in [-0.39, 0.29) is 5.41 Å².